The minimum absolute atomic E-state index is 0.337. The molecule has 70 valence electrons. The highest BCUT2D eigenvalue weighted by atomic mass is 16.5. The number of allylic oxidation sites excluding steroid dienone is 1. The van der Waals surface area contributed by atoms with Crippen molar-refractivity contribution in [2.24, 2.45) is 0 Å². The van der Waals surface area contributed by atoms with Gasteiger partial charge in [-0.2, -0.15) is 4.98 Å². The van der Waals surface area contributed by atoms with Crippen LogP contribution in [0.15, 0.2) is 24.9 Å². The van der Waals surface area contributed by atoms with E-state index in [4.69, 9.17) is 10.5 Å². The van der Waals surface area contributed by atoms with Crippen LogP contribution in [0, 0.1) is 0 Å². The number of aromatic nitrogens is 2. The fourth-order valence-corrected chi connectivity index (χ4v) is 0.815. The third-order valence-corrected chi connectivity index (χ3v) is 1.44. The molecule has 1 heterocycles. The predicted octanol–water partition coefficient (Wildman–Crippen LogP) is 1.40. The van der Waals surface area contributed by atoms with Crippen LogP contribution < -0.4 is 10.5 Å². The zero-order chi connectivity index (χ0) is 9.52. The molecule has 0 saturated carbocycles. The summed E-state index contributed by atoms with van der Waals surface area (Å²) in [5.74, 6) is 0.425. The molecule has 4 heteroatoms. The van der Waals surface area contributed by atoms with Gasteiger partial charge in [-0.3, -0.25) is 0 Å². The first-order valence-corrected chi connectivity index (χ1v) is 4.15. The smallest absolute Gasteiger partial charge is 0.318 e. The summed E-state index contributed by atoms with van der Waals surface area (Å²) in [5, 5.41) is 0. The van der Waals surface area contributed by atoms with Crippen molar-refractivity contribution in [2.45, 2.75) is 12.8 Å². The molecular formula is C9H13N3O. The molecule has 1 rings (SSSR count). The molecule has 0 saturated heterocycles. The molecule has 0 aromatic carbocycles. The van der Waals surface area contributed by atoms with Crippen molar-refractivity contribution in [3.63, 3.8) is 0 Å². The maximum Gasteiger partial charge on any atom is 0.318 e. The predicted molar refractivity (Wildman–Crippen MR) is 51.4 cm³/mol. The van der Waals surface area contributed by atoms with Crippen LogP contribution in [0.4, 0.5) is 5.82 Å². The molecule has 0 fully saturated rings. The van der Waals surface area contributed by atoms with Crippen molar-refractivity contribution in [3.8, 4) is 6.01 Å². The van der Waals surface area contributed by atoms with E-state index in [1.807, 2.05) is 6.08 Å². The summed E-state index contributed by atoms with van der Waals surface area (Å²) < 4.78 is 5.24. The molecule has 1 aromatic heterocycles. The van der Waals surface area contributed by atoms with E-state index in [1.54, 1.807) is 12.3 Å². The van der Waals surface area contributed by atoms with E-state index >= 15 is 0 Å². The number of hydrogen-bond donors (Lipinski definition) is 1. The van der Waals surface area contributed by atoms with Gasteiger partial charge in [0, 0.05) is 6.20 Å². The van der Waals surface area contributed by atoms with Gasteiger partial charge in [-0.25, -0.2) is 4.98 Å². The van der Waals surface area contributed by atoms with Gasteiger partial charge in [0.05, 0.1) is 6.61 Å². The van der Waals surface area contributed by atoms with Crippen LogP contribution in [0.3, 0.4) is 0 Å². The number of nitrogens with zero attached hydrogens (tertiary/aromatic N) is 2. The van der Waals surface area contributed by atoms with Crippen molar-refractivity contribution in [1.29, 1.82) is 0 Å². The van der Waals surface area contributed by atoms with Gasteiger partial charge < -0.3 is 10.5 Å². The molecule has 0 aliphatic rings. The Bertz CT molecular complexity index is 275. The van der Waals surface area contributed by atoms with Crippen molar-refractivity contribution in [2.75, 3.05) is 12.3 Å². The van der Waals surface area contributed by atoms with Gasteiger partial charge in [0.1, 0.15) is 5.82 Å². The van der Waals surface area contributed by atoms with Crippen LogP contribution in [-0.2, 0) is 0 Å². The summed E-state index contributed by atoms with van der Waals surface area (Å²) in [7, 11) is 0. The van der Waals surface area contributed by atoms with Gasteiger partial charge in [0.25, 0.3) is 0 Å². The lowest BCUT2D eigenvalue weighted by atomic mass is 10.3. The van der Waals surface area contributed by atoms with E-state index in [2.05, 4.69) is 16.5 Å². The lowest BCUT2D eigenvalue weighted by Crippen LogP contribution is -2.02. The molecule has 0 amide bonds. The van der Waals surface area contributed by atoms with Crippen LogP contribution in [-0.4, -0.2) is 16.6 Å². The average molecular weight is 179 g/mol. The Kier molecular flexibility index (Phi) is 3.75. The van der Waals surface area contributed by atoms with Crippen LogP contribution >= 0.6 is 0 Å². The Balaban J connectivity index is 2.32. The molecule has 0 spiro atoms. The summed E-state index contributed by atoms with van der Waals surface area (Å²) in [6, 6.07) is 1.96. The van der Waals surface area contributed by atoms with E-state index in [9.17, 15) is 0 Å². The standard InChI is InChI=1S/C9H13N3O/c1-2-3-4-7-13-9-11-6-5-8(10)12-9/h2,5-6H,1,3-4,7H2,(H2,10,11,12). The summed E-state index contributed by atoms with van der Waals surface area (Å²) in [4.78, 5) is 7.79. The van der Waals surface area contributed by atoms with Gasteiger partial charge in [-0.05, 0) is 18.9 Å². The third kappa shape index (κ3) is 3.55. The fourth-order valence-electron chi connectivity index (χ4n) is 0.815. The second-order valence-corrected chi connectivity index (χ2v) is 2.54. The summed E-state index contributed by atoms with van der Waals surface area (Å²) in [5.41, 5.74) is 5.44. The number of anilines is 1. The Labute approximate surface area is 77.5 Å². The van der Waals surface area contributed by atoms with E-state index in [0.29, 0.717) is 18.4 Å². The molecule has 4 nitrogen and oxygen atoms in total. The first-order valence-electron chi connectivity index (χ1n) is 4.15. The second-order valence-electron chi connectivity index (χ2n) is 2.54. The van der Waals surface area contributed by atoms with Crippen molar-refractivity contribution in [1.82, 2.24) is 9.97 Å². The topological polar surface area (TPSA) is 61.0 Å². The minimum Gasteiger partial charge on any atom is -0.463 e. The average Bonchev–Trinajstić information content (AvgIpc) is 2.13. The number of rotatable bonds is 5. The minimum atomic E-state index is 0.337. The number of ether oxygens (including phenoxy) is 1. The Hall–Kier alpha value is -1.58. The van der Waals surface area contributed by atoms with Crippen LogP contribution in [0.5, 0.6) is 6.01 Å². The number of nitrogen functional groups attached to an aromatic ring is 1. The largest absolute Gasteiger partial charge is 0.463 e. The summed E-state index contributed by atoms with van der Waals surface area (Å²) >= 11 is 0. The van der Waals surface area contributed by atoms with E-state index in [0.717, 1.165) is 12.8 Å². The van der Waals surface area contributed by atoms with Gasteiger partial charge in [-0.15, -0.1) is 6.58 Å². The van der Waals surface area contributed by atoms with E-state index in [1.165, 1.54) is 0 Å². The molecule has 0 unspecified atom stereocenters. The van der Waals surface area contributed by atoms with Crippen molar-refractivity contribution >= 4 is 5.82 Å². The quantitative estimate of drug-likeness (QED) is 0.548. The number of unbranched alkanes of at least 4 members (excludes halogenated alkanes) is 1. The molecule has 13 heavy (non-hydrogen) atoms. The van der Waals surface area contributed by atoms with Gasteiger partial charge in [0.2, 0.25) is 0 Å². The highest BCUT2D eigenvalue weighted by molar-refractivity contribution is 5.26. The molecule has 0 bridgehead atoms. The first-order chi connectivity index (χ1) is 6.33. The first kappa shape index (κ1) is 9.51. The molecule has 1 aromatic rings. The Morgan fingerprint density at radius 2 is 2.46 bits per heavy atom. The van der Waals surface area contributed by atoms with E-state index in [-0.39, 0.29) is 0 Å². The SMILES string of the molecule is C=CCCCOc1nccc(N)n1. The van der Waals surface area contributed by atoms with Crippen LogP contribution in [0.25, 0.3) is 0 Å². The zero-order valence-electron chi connectivity index (χ0n) is 7.44. The monoisotopic (exact) mass is 179 g/mol. The van der Waals surface area contributed by atoms with Gasteiger partial charge in [0.15, 0.2) is 0 Å². The van der Waals surface area contributed by atoms with Crippen molar-refractivity contribution in [3.05, 3.63) is 24.9 Å². The molecule has 0 atom stereocenters. The third-order valence-electron chi connectivity index (χ3n) is 1.44. The molecular weight excluding hydrogens is 166 g/mol. The lowest BCUT2D eigenvalue weighted by molar-refractivity contribution is 0.288. The maximum absolute atomic E-state index is 5.44. The fraction of sp³-hybridized carbons (Fsp3) is 0.333. The molecule has 0 radical (unpaired) electrons. The number of hydrogen-bond acceptors (Lipinski definition) is 4. The highest BCUT2D eigenvalue weighted by Crippen LogP contribution is 2.04. The normalized spacial score (nSPS) is 9.54. The molecule has 0 aliphatic carbocycles. The zero-order valence-corrected chi connectivity index (χ0v) is 7.44. The molecule has 2 N–H and O–H groups in total. The Morgan fingerprint density at radius 3 is 3.15 bits per heavy atom. The lowest BCUT2D eigenvalue weighted by Gasteiger charge is -2.02. The Morgan fingerprint density at radius 1 is 1.62 bits per heavy atom. The van der Waals surface area contributed by atoms with Gasteiger partial charge in [-0.1, -0.05) is 6.08 Å². The number of nitrogens with two attached hydrogens (primary N) is 1. The van der Waals surface area contributed by atoms with E-state index < -0.39 is 0 Å². The van der Waals surface area contributed by atoms with Crippen LogP contribution in [0.2, 0.25) is 0 Å². The van der Waals surface area contributed by atoms with Crippen LogP contribution in [0.1, 0.15) is 12.8 Å². The second kappa shape index (κ2) is 5.13. The summed E-state index contributed by atoms with van der Waals surface area (Å²) in [6.45, 7) is 4.21. The van der Waals surface area contributed by atoms with Crippen molar-refractivity contribution < 1.29 is 4.74 Å². The maximum atomic E-state index is 5.44. The summed E-state index contributed by atoms with van der Waals surface area (Å²) in [6.07, 6.45) is 5.28. The molecule has 0 aliphatic heterocycles. The highest BCUT2D eigenvalue weighted by Gasteiger charge is 1.95. The van der Waals surface area contributed by atoms with Gasteiger partial charge >= 0.3 is 6.01 Å².